The van der Waals surface area contributed by atoms with E-state index in [-0.39, 0.29) is 19.6 Å². The Morgan fingerprint density at radius 2 is 0.956 bits per heavy atom. The molecule has 0 amide bonds. The zero-order valence-corrected chi connectivity index (χ0v) is 41.0. The minimum atomic E-state index is -1.72. The number of carbonyl (C=O) groups excluding carboxylic acids is 1. The number of esters is 1. The molecule has 14 heteroatoms. The SMILES string of the molecule is CC/C=C\C/C=C\C/C=C\C/C=C\C/C=C\C/C=C\C/C=C\CCCCOCC(COC1OC(COC2OC(CO)C(O)C(O)C2O)C(O)C(O)C1O)OC(=O)CCCCCCC/C=C\CCC. The number of ether oxygens (including phenoxy) is 6. The second-order valence-corrected chi connectivity index (χ2v) is 17.3. The summed E-state index contributed by atoms with van der Waals surface area (Å²) in [6.07, 6.45) is 36.3. The number of hydrogen-bond acceptors (Lipinski definition) is 14. The third-order valence-electron chi connectivity index (χ3n) is 11.3. The molecule has 2 fully saturated rings. The van der Waals surface area contributed by atoms with Crippen molar-refractivity contribution >= 4 is 5.97 Å². The first-order chi connectivity index (χ1) is 33.1. The molecule has 14 nitrogen and oxygen atoms in total. The maximum absolute atomic E-state index is 12.9. The molecule has 0 aliphatic carbocycles. The van der Waals surface area contributed by atoms with Crippen molar-refractivity contribution in [1.82, 2.24) is 0 Å². The molecule has 0 aromatic carbocycles. The minimum Gasteiger partial charge on any atom is -0.457 e. The summed E-state index contributed by atoms with van der Waals surface area (Å²) >= 11 is 0. The van der Waals surface area contributed by atoms with Crippen molar-refractivity contribution in [2.45, 2.75) is 203 Å². The second-order valence-electron chi connectivity index (χ2n) is 17.3. The summed E-state index contributed by atoms with van der Waals surface area (Å²) in [5.74, 6) is -0.409. The molecule has 0 spiro atoms. The van der Waals surface area contributed by atoms with Gasteiger partial charge in [0.25, 0.3) is 0 Å². The maximum atomic E-state index is 12.9. The fourth-order valence-corrected chi connectivity index (χ4v) is 7.21. The Hall–Kier alpha value is -3.09. The molecule has 2 aliphatic rings. The Bertz CT molecular complexity index is 1490. The summed E-state index contributed by atoms with van der Waals surface area (Å²) in [5.41, 5.74) is 0. The van der Waals surface area contributed by atoms with E-state index in [1.165, 1.54) is 0 Å². The molecule has 2 rings (SSSR count). The van der Waals surface area contributed by atoms with Gasteiger partial charge in [-0.1, -0.05) is 137 Å². The van der Waals surface area contributed by atoms with E-state index in [1.54, 1.807) is 0 Å². The Morgan fingerprint density at radius 1 is 0.500 bits per heavy atom. The number of rotatable bonds is 38. The molecule has 2 aliphatic heterocycles. The van der Waals surface area contributed by atoms with Crippen LogP contribution in [0.3, 0.4) is 0 Å². The highest BCUT2D eigenvalue weighted by molar-refractivity contribution is 5.69. The van der Waals surface area contributed by atoms with Gasteiger partial charge in [-0.05, 0) is 89.9 Å². The monoisotopic (exact) mass is 961 g/mol. The molecule has 0 radical (unpaired) electrons. The van der Waals surface area contributed by atoms with E-state index in [2.05, 4.69) is 111 Å². The van der Waals surface area contributed by atoms with Crippen molar-refractivity contribution < 1.29 is 69.0 Å². The zero-order chi connectivity index (χ0) is 49.5. The topological polar surface area (TPSA) is 214 Å². The first kappa shape index (κ1) is 61.0. The molecule has 7 N–H and O–H groups in total. The predicted octanol–water partition coefficient (Wildman–Crippen LogP) is 7.46. The smallest absolute Gasteiger partial charge is 0.306 e. The van der Waals surface area contributed by atoms with E-state index in [0.29, 0.717) is 13.0 Å². The van der Waals surface area contributed by atoms with E-state index in [1.807, 2.05) is 0 Å². The van der Waals surface area contributed by atoms with Crippen LogP contribution in [0.15, 0.2) is 97.2 Å². The van der Waals surface area contributed by atoms with Gasteiger partial charge in [0.2, 0.25) is 0 Å². The van der Waals surface area contributed by atoms with E-state index >= 15 is 0 Å². The van der Waals surface area contributed by atoms with E-state index in [0.717, 1.165) is 109 Å². The Labute approximate surface area is 407 Å². The summed E-state index contributed by atoms with van der Waals surface area (Å²) in [6, 6.07) is 0. The summed E-state index contributed by atoms with van der Waals surface area (Å²) < 4.78 is 34.1. The Kier molecular flexibility index (Phi) is 36.5. The van der Waals surface area contributed by atoms with Crippen LogP contribution >= 0.6 is 0 Å². The van der Waals surface area contributed by atoms with Gasteiger partial charge in [-0.25, -0.2) is 0 Å². The molecule has 0 saturated carbocycles. The maximum Gasteiger partial charge on any atom is 0.306 e. The second kappa shape index (κ2) is 40.6. The molecule has 68 heavy (non-hydrogen) atoms. The highest BCUT2D eigenvalue weighted by atomic mass is 16.7. The van der Waals surface area contributed by atoms with Crippen molar-refractivity contribution in [1.29, 1.82) is 0 Å². The average Bonchev–Trinajstić information content (AvgIpc) is 3.33. The van der Waals surface area contributed by atoms with Crippen LogP contribution in [-0.4, -0.2) is 142 Å². The molecule has 0 aromatic heterocycles. The lowest BCUT2D eigenvalue weighted by Gasteiger charge is -2.42. The Morgan fingerprint density at radius 3 is 1.51 bits per heavy atom. The van der Waals surface area contributed by atoms with Crippen molar-refractivity contribution in [3.63, 3.8) is 0 Å². The van der Waals surface area contributed by atoms with Crippen molar-refractivity contribution in [3.8, 4) is 0 Å². The van der Waals surface area contributed by atoms with Crippen LogP contribution in [0.4, 0.5) is 0 Å². The van der Waals surface area contributed by atoms with Crippen LogP contribution in [-0.2, 0) is 33.2 Å². The van der Waals surface area contributed by atoms with Crippen LogP contribution in [0.2, 0.25) is 0 Å². The summed E-state index contributed by atoms with van der Waals surface area (Å²) in [5, 5.41) is 72.0. The highest BCUT2D eigenvalue weighted by Gasteiger charge is 2.47. The van der Waals surface area contributed by atoms with Gasteiger partial charge in [0.15, 0.2) is 12.6 Å². The zero-order valence-electron chi connectivity index (χ0n) is 41.0. The standard InChI is InChI=1S/C54H88O14/c1-3-5-7-9-11-13-15-16-17-18-19-20-21-22-23-24-25-26-27-28-30-32-34-36-38-63-40-43(66-46(56)37-35-33-31-29-14-12-10-8-6-4-2)41-64-53-52(62)50(60)48(58)45(68-53)42-65-54-51(61)49(59)47(57)44(39-55)67-54/h5,7-8,10-11,13,16-17,19-20,22-23,25-26,28,30,43-45,47-55,57-62H,3-4,6,9,12,14-15,18,21,24,27,29,31-42H2,1-2H3/b7-5-,10-8-,13-11-,17-16-,20-19-,23-22-,26-25-,30-28-. The Balaban J connectivity index is 1.76. The first-order valence-corrected chi connectivity index (χ1v) is 25.3. The quantitative estimate of drug-likeness (QED) is 0.0182. The lowest BCUT2D eigenvalue weighted by atomic mass is 9.98. The fraction of sp³-hybridized carbons (Fsp3) is 0.685. The minimum absolute atomic E-state index is 0.0213. The number of aliphatic hydroxyl groups excluding tert-OH is 7. The van der Waals surface area contributed by atoms with Crippen LogP contribution in [0, 0.1) is 0 Å². The third-order valence-corrected chi connectivity index (χ3v) is 11.3. The first-order valence-electron chi connectivity index (χ1n) is 25.3. The van der Waals surface area contributed by atoms with E-state index in [9.17, 15) is 40.5 Å². The highest BCUT2D eigenvalue weighted by Crippen LogP contribution is 2.26. The summed E-state index contributed by atoms with van der Waals surface area (Å²) in [6.45, 7) is 3.34. The van der Waals surface area contributed by atoms with Gasteiger partial charge in [-0.3, -0.25) is 4.79 Å². The van der Waals surface area contributed by atoms with Crippen molar-refractivity contribution in [3.05, 3.63) is 97.2 Å². The van der Waals surface area contributed by atoms with Gasteiger partial charge >= 0.3 is 5.97 Å². The van der Waals surface area contributed by atoms with E-state index in [4.69, 9.17) is 28.4 Å². The molecular formula is C54H88O14. The molecule has 2 heterocycles. The lowest BCUT2D eigenvalue weighted by Crippen LogP contribution is -2.61. The van der Waals surface area contributed by atoms with Gasteiger partial charge in [0.1, 0.15) is 54.9 Å². The third kappa shape index (κ3) is 27.9. The molecular weight excluding hydrogens is 873 g/mol. The summed E-state index contributed by atoms with van der Waals surface area (Å²) in [7, 11) is 0. The van der Waals surface area contributed by atoms with Crippen LogP contribution in [0.25, 0.3) is 0 Å². The number of aliphatic hydroxyl groups is 7. The normalized spacial score (nSPS) is 26.7. The fourth-order valence-electron chi connectivity index (χ4n) is 7.21. The van der Waals surface area contributed by atoms with Crippen molar-refractivity contribution in [2.75, 3.05) is 33.0 Å². The molecule has 2 saturated heterocycles. The van der Waals surface area contributed by atoms with Gasteiger partial charge in [0.05, 0.1) is 26.4 Å². The number of allylic oxidation sites excluding steroid dienone is 16. The van der Waals surface area contributed by atoms with Crippen molar-refractivity contribution in [2.24, 2.45) is 0 Å². The van der Waals surface area contributed by atoms with Crippen LogP contribution in [0.5, 0.6) is 0 Å². The van der Waals surface area contributed by atoms with Crippen LogP contribution < -0.4 is 0 Å². The number of unbranched alkanes of at least 4 members (excludes halogenated alkanes) is 8. The van der Waals surface area contributed by atoms with Gasteiger partial charge < -0.3 is 64.2 Å². The average molecular weight is 961 g/mol. The predicted molar refractivity (Wildman–Crippen MR) is 265 cm³/mol. The molecule has 11 atom stereocenters. The molecule has 388 valence electrons. The van der Waals surface area contributed by atoms with Gasteiger partial charge in [-0.2, -0.15) is 0 Å². The number of hydrogen-bond donors (Lipinski definition) is 7. The largest absolute Gasteiger partial charge is 0.457 e. The molecule has 0 bridgehead atoms. The van der Waals surface area contributed by atoms with E-state index < -0.39 is 86.7 Å². The van der Waals surface area contributed by atoms with Gasteiger partial charge in [-0.15, -0.1) is 0 Å². The molecule has 11 unspecified atom stereocenters. The van der Waals surface area contributed by atoms with Gasteiger partial charge in [0, 0.05) is 13.0 Å². The summed E-state index contributed by atoms with van der Waals surface area (Å²) in [4.78, 5) is 12.9. The molecule has 0 aromatic rings. The number of carbonyl (C=O) groups is 1. The lowest BCUT2D eigenvalue weighted by molar-refractivity contribution is -0.332. The van der Waals surface area contributed by atoms with Crippen LogP contribution in [0.1, 0.15) is 136 Å².